The van der Waals surface area contributed by atoms with Crippen LogP contribution in [0.25, 0.3) is 0 Å². The van der Waals surface area contributed by atoms with Gasteiger partial charge in [-0.15, -0.1) is 0 Å². The minimum absolute atomic E-state index is 0.760. The Morgan fingerprint density at radius 3 is 2.18 bits per heavy atom. The molecule has 0 unspecified atom stereocenters. The van der Waals surface area contributed by atoms with Gasteiger partial charge in [0.05, 0.1) is 0 Å². The minimum atomic E-state index is -2.04. The second-order valence-electron chi connectivity index (χ2n) is 6.23. The van der Waals surface area contributed by atoms with Gasteiger partial charge in [0.2, 0.25) is 0 Å². The molecule has 22 heavy (non-hydrogen) atoms. The summed E-state index contributed by atoms with van der Waals surface area (Å²) in [7, 11) is -2.04. The maximum absolute atomic E-state index is 6.86. The van der Waals surface area contributed by atoms with Gasteiger partial charge in [0.1, 0.15) is 0 Å². The Kier molecular flexibility index (Phi) is 5.91. The summed E-state index contributed by atoms with van der Waals surface area (Å²) in [5, 5.41) is 4.47. The second kappa shape index (κ2) is 7.91. The third-order valence-electron chi connectivity index (χ3n) is 4.78. The quantitative estimate of drug-likeness (QED) is 0.503. The van der Waals surface area contributed by atoms with Crippen molar-refractivity contribution in [3.05, 3.63) is 35.0 Å². The number of hydrogen-bond acceptors (Lipinski definition) is 3. The third-order valence-corrected chi connectivity index (χ3v) is 12.9. The summed E-state index contributed by atoms with van der Waals surface area (Å²) in [4.78, 5) is 0. The van der Waals surface area contributed by atoms with Crippen molar-refractivity contribution < 1.29 is 4.43 Å². The van der Waals surface area contributed by atoms with Crippen molar-refractivity contribution >= 4 is 40.0 Å². The molecule has 0 bridgehead atoms. The van der Waals surface area contributed by atoms with Crippen LogP contribution in [0.3, 0.4) is 0 Å². The van der Waals surface area contributed by atoms with Crippen LogP contribution >= 0.6 is 22.7 Å². The highest BCUT2D eigenvalue weighted by Gasteiger charge is 2.48. The number of unbranched alkanes of at least 4 members (excludes halogenated alkanes) is 1. The molecule has 0 atom stereocenters. The van der Waals surface area contributed by atoms with E-state index >= 15 is 0 Å². The average Bonchev–Trinajstić information content (AvgIpc) is 3.26. The largest absolute Gasteiger partial charge is 0.406 e. The standard InChI is InChI=1S/C18H26OS2Si/c1-2-3-13-19-22(17-11-7-14-20-17,18-12-8-15-21-18)16-9-5-4-6-10-16/h7-8,11-12,14-16H,2-6,9-10,13H2,1H3. The third kappa shape index (κ3) is 3.25. The van der Waals surface area contributed by atoms with Crippen molar-refractivity contribution in [1.82, 2.24) is 0 Å². The van der Waals surface area contributed by atoms with E-state index in [1.165, 1.54) is 53.9 Å². The first kappa shape index (κ1) is 16.4. The van der Waals surface area contributed by atoms with Gasteiger partial charge in [0.25, 0.3) is 8.32 Å². The second-order valence-corrected chi connectivity index (χ2v) is 12.5. The summed E-state index contributed by atoms with van der Waals surface area (Å²) in [5.74, 6) is 0. The summed E-state index contributed by atoms with van der Waals surface area (Å²) >= 11 is 3.85. The lowest BCUT2D eigenvalue weighted by molar-refractivity contribution is 0.291. The summed E-state index contributed by atoms with van der Waals surface area (Å²) in [6, 6.07) is 9.11. The molecule has 2 heterocycles. The highest BCUT2D eigenvalue weighted by atomic mass is 32.1. The van der Waals surface area contributed by atoms with E-state index in [1.807, 2.05) is 22.7 Å². The van der Waals surface area contributed by atoms with Gasteiger partial charge in [-0.05, 0) is 34.9 Å². The Morgan fingerprint density at radius 1 is 1.05 bits per heavy atom. The zero-order valence-corrected chi connectivity index (χ0v) is 16.1. The molecule has 4 heteroatoms. The molecule has 1 fully saturated rings. The maximum Gasteiger partial charge on any atom is 0.278 e. The Morgan fingerprint density at radius 2 is 1.68 bits per heavy atom. The molecule has 0 spiro atoms. The molecule has 1 aliphatic carbocycles. The fraction of sp³-hybridized carbons (Fsp3) is 0.556. The van der Waals surface area contributed by atoms with Crippen LogP contribution in [0.5, 0.6) is 0 Å². The average molecular weight is 351 g/mol. The molecule has 1 aliphatic rings. The highest BCUT2D eigenvalue weighted by molar-refractivity contribution is 7.35. The molecule has 0 N–H and O–H groups in total. The van der Waals surface area contributed by atoms with Gasteiger partial charge in [0, 0.05) is 15.6 Å². The van der Waals surface area contributed by atoms with E-state index in [-0.39, 0.29) is 0 Å². The van der Waals surface area contributed by atoms with Crippen molar-refractivity contribution in [2.75, 3.05) is 6.61 Å². The number of thiophene rings is 2. The molecule has 0 saturated heterocycles. The van der Waals surface area contributed by atoms with Crippen LogP contribution in [-0.2, 0) is 4.43 Å². The Labute approximate surface area is 143 Å². The predicted octanol–water partition coefficient (Wildman–Crippen LogP) is 5.02. The maximum atomic E-state index is 6.86. The molecule has 1 saturated carbocycles. The Hall–Kier alpha value is -0.423. The van der Waals surface area contributed by atoms with Crippen molar-refractivity contribution in [1.29, 1.82) is 0 Å². The molecule has 2 aromatic rings. The topological polar surface area (TPSA) is 9.23 Å². The molecule has 0 amide bonds. The smallest absolute Gasteiger partial charge is 0.278 e. The van der Waals surface area contributed by atoms with Gasteiger partial charge in [-0.25, -0.2) is 0 Å². The van der Waals surface area contributed by atoms with Crippen LogP contribution in [0.2, 0.25) is 5.54 Å². The SMILES string of the molecule is CCCCO[Si](c1cccs1)(c1cccs1)C1CCCCC1. The van der Waals surface area contributed by atoms with Crippen molar-refractivity contribution in [2.45, 2.75) is 57.4 Å². The van der Waals surface area contributed by atoms with Gasteiger partial charge in [-0.1, -0.05) is 57.6 Å². The zero-order chi connectivity index (χ0) is 15.3. The van der Waals surface area contributed by atoms with Gasteiger partial charge in [-0.3, -0.25) is 0 Å². The first-order valence-electron chi connectivity index (χ1n) is 8.60. The van der Waals surface area contributed by atoms with E-state index in [0.717, 1.165) is 12.1 Å². The number of rotatable bonds is 7. The fourth-order valence-corrected chi connectivity index (χ4v) is 12.5. The Bertz CT molecular complexity index is 495. The van der Waals surface area contributed by atoms with E-state index in [9.17, 15) is 0 Å². The monoisotopic (exact) mass is 350 g/mol. The van der Waals surface area contributed by atoms with Crippen LogP contribution in [0.1, 0.15) is 51.9 Å². The molecular weight excluding hydrogens is 324 g/mol. The van der Waals surface area contributed by atoms with Crippen molar-refractivity contribution in [3.8, 4) is 0 Å². The van der Waals surface area contributed by atoms with Gasteiger partial charge in [-0.2, -0.15) is 22.7 Å². The molecule has 0 aromatic carbocycles. The lowest BCUT2D eigenvalue weighted by Crippen LogP contribution is -2.62. The predicted molar refractivity (Wildman–Crippen MR) is 101 cm³/mol. The number of hydrogen-bond donors (Lipinski definition) is 0. The minimum Gasteiger partial charge on any atom is -0.406 e. The first-order chi connectivity index (χ1) is 10.9. The zero-order valence-electron chi connectivity index (χ0n) is 13.4. The van der Waals surface area contributed by atoms with E-state index in [2.05, 4.69) is 41.9 Å². The van der Waals surface area contributed by atoms with Crippen molar-refractivity contribution in [3.63, 3.8) is 0 Å². The fourth-order valence-electron chi connectivity index (χ4n) is 3.65. The molecule has 1 nitrogen and oxygen atoms in total. The summed E-state index contributed by atoms with van der Waals surface area (Å²) < 4.78 is 9.94. The van der Waals surface area contributed by atoms with Gasteiger partial charge in [0.15, 0.2) is 0 Å². The normalized spacial score (nSPS) is 17.0. The van der Waals surface area contributed by atoms with E-state index in [1.54, 1.807) is 0 Å². The summed E-state index contributed by atoms with van der Waals surface area (Å²) in [5.41, 5.74) is 0.760. The van der Waals surface area contributed by atoms with E-state index < -0.39 is 8.32 Å². The first-order valence-corrected chi connectivity index (χ1v) is 12.3. The van der Waals surface area contributed by atoms with Gasteiger partial charge >= 0.3 is 0 Å². The van der Waals surface area contributed by atoms with Crippen LogP contribution in [0, 0.1) is 0 Å². The summed E-state index contributed by atoms with van der Waals surface area (Å²) in [6.45, 7) is 3.18. The van der Waals surface area contributed by atoms with Gasteiger partial charge < -0.3 is 4.43 Å². The molecular formula is C18H26OS2Si. The molecule has 0 radical (unpaired) electrons. The van der Waals surface area contributed by atoms with E-state index in [4.69, 9.17) is 4.43 Å². The Balaban J connectivity index is 2.00. The van der Waals surface area contributed by atoms with Crippen LogP contribution in [0.15, 0.2) is 35.0 Å². The molecule has 0 aliphatic heterocycles. The van der Waals surface area contributed by atoms with Crippen LogP contribution in [-0.4, -0.2) is 14.9 Å². The molecule has 2 aromatic heterocycles. The highest BCUT2D eigenvalue weighted by Crippen LogP contribution is 2.38. The summed E-state index contributed by atoms with van der Waals surface area (Å²) in [6.07, 6.45) is 9.27. The molecule has 3 rings (SSSR count). The van der Waals surface area contributed by atoms with Crippen LogP contribution in [0.4, 0.5) is 0 Å². The lowest BCUT2D eigenvalue weighted by Gasteiger charge is -2.39. The van der Waals surface area contributed by atoms with Crippen LogP contribution < -0.4 is 9.00 Å². The lowest BCUT2D eigenvalue weighted by atomic mass is 10.0. The van der Waals surface area contributed by atoms with Crippen molar-refractivity contribution in [2.24, 2.45) is 0 Å². The molecule has 120 valence electrons. The van der Waals surface area contributed by atoms with E-state index in [0.29, 0.717) is 0 Å².